The van der Waals surface area contributed by atoms with E-state index in [1.54, 1.807) is 33.0 Å². The Morgan fingerprint density at radius 1 is 1.40 bits per heavy atom. The molecule has 6 nitrogen and oxygen atoms in total. The van der Waals surface area contributed by atoms with Gasteiger partial charge in [0.15, 0.2) is 6.61 Å². The smallest absolute Gasteiger partial charge is 0.343 e. The quantitative estimate of drug-likeness (QED) is 0.736. The summed E-state index contributed by atoms with van der Waals surface area (Å²) >= 11 is 6.00. The fraction of sp³-hybridized carbons (Fsp3) is 0.353. The highest BCUT2D eigenvalue weighted by Gasteiger charge is 2.22. The fourth-order valence-corrected chi connectivity index (χ4v) is 2.64. The molecule has 0 radical (unpaired) electrons. The third kappa shape index (κ3) is 4.57. The SMILES string of the molecule is CCN(Cc1cccc(F)c1)C(=O)COC(=O)c1c(C)nn(C)c1Cl. The molecule has 0 unspecified atom stereocenters. The lowest BCUT2D eigenvalue weighted by Gasteiger charge is -2.20. The molecule has 1 aromatic carbocycles. The van der Waals surface area contributed by atoms with E-state index in [0.29, 0.717) is 17.8 Å². The van der Waals surface area contributed by atoms with Gasteiger partial charge in [0, 0.05) is 20.1 Å². The Labute approximate surface area is 150 Å². The molecule has 2 aromatic rings. The highest BCUT2D eigenvalue weighted by atomic mass is 35.5. The molecule has 0 saturated heterocycles. The molecule has 1 aromatic heterocycles. The number of carbonyl (C=O) groups excluding carboxylic acids is 2. The second-order valence-electron chi connectivity index (χ2n) is 5.49. The number of benzene rings is 1. The van der Waals surface area contributed by atoms with Crippen LogP contribution in [-0.2, 0) is 23.1 Å². The minimum absolute atomic E-state index is 0.144. The van der Waals surface area contributed by atoms with Crippen LogP contribution in [0.1, 0.15) is 28.5 Å². The van der Waals surface area contributed by atoms with E-state index in [-0.39, 0.29) is 29.0 Å². The maximum Gasteiger partial charge on any atom is 0.343 e. The van der Waals surface area contributed by atoms with Crippen LogP contribution >= 0.6 is 11.6 Å². The van der Waals surface area contributed by atoms with Crippen molar-refractivity contribution in [3.8, 4) is 0 Å². The van der Waals surface area contributed by atoms with Gasteiger partial charge >= 0.3 is 5.97 Å². The molecule has 0 aliphatic rings. The lowest BCUT2D eigenvalue weighted by molar-refractivity contribution is -0.134. The second-order valence-corrected chi connectivity index (χ2v) is 5.85. The van der Waals surface area contributed by atoms with Crippen molar-refractivity contribution in [1.82, 2.24) is 14.7 Å². The molecule has 0 aliphatic heterocycles. The molecule has 0 spiro atoms. The summed E-state index contributed by atoms with van der Waals surface area (Å²) in [6.07, 6.45) is 0. The van der Waals surface area contributed by atoms with Crippen LogP contribution in [0.2, 0.25) is 5.15 Å². The summed E-state index contributed by atoms with van der Waals surface area (Å²) in [4.78, 5) is 25.9. The van der Waals surface area contributed by atoms with Gasteiger partial charge in [0.1, 0.15) is 16.5 Å². The number of nitrogens with zero attached hydrogens (tertiary/aromatic N) is 3. The third-order valence-corrected chi connectivity index (χ3v) is 4.11. The standard InChI is InChI=1S/C17H19ClFN3O3/c1-4-22(9-12-6-5-7-13(19)8-12)14(23)10-25-17(24)15-11(2)20-21(3)16(15)18/h5-8H,4,9-10H2,1-3H3. The predicted molar refractivity (Wildman–Crippen MR) is 90.7 cm³/mol. The van der Waals surface area contributed by atoms with E-state index in [1.807, 2.05) is 0 Å². The van der Waals surface area contributed by atoms with Crippen molar-refractivity contribution in [3.63, 3.8) is 0 Å². The minimum Gasteiger partial charge on any atom is -0.452 e. The number of halogens is 2. The van der Waals surface area contributed by atoms with Crippen molar-refractivity contribution in [2.75, 3.05) is 13.2 Å². The highest BCUT2D eigenvalue weighted by Crippen LogP contribution is 2.19. The Balaban J connectivity index is 1.99. The lowest BCUT2D eigenvalue weighted by atomic mass is 10.2. The van der Waals surface area contributed by atoms with Crippen molar-refractivity contribution in [3.05, 3.63) is 52.1 Å². The molecular weight excluding hydrogens is 349 g/mol. The first-order valence-corrected chi connectivity index (χ1v) is 8.09. The predicted octanol–water partition coefficient (Wildman–Crippen LogP) is 2.73. The second kappa shape index (κ2) is 8.11. The van der Waals surface area contributed by atoms with Gasteiger partial charge in [0.25, 0.3) is 5.91 Å². The van der Waals surface area contributed by atoms with Crippen molar-refractivity contribution in [2.24, 2.45) is 7.05 Å². The van der Waals surface area contributed by atoms with E-state index in [4.69, 9.17) is 16.3 Å². The highest BCUT2D eigenvalue weighted by molar-refractivity contribution is 6.32. The van der Waals surface area contributed by atoms with E-state index >= 15 is 0 Å². The topological polar surface area (TPSA) is 64.4 Å². The van der Waals surface area contributed by atoms with E-state index in [2.05, 4.69) is 5.10 Å². The van der Waals surface area contributed by atoms with Gasteiger partial charge in [-0.2, -0.15) is 5.10 Å². The van der Waals surface area contributed by atoms with Crippen LogP contribution in [0.3, 0.4) is 0 Å². The molecule has 1 heterocycles. The number of aromatic nitrogens is 2. The average molecular weight is 368 g/mol. The molecule has 0 bridgehead atoms. The molecule has 25 heavy (non-hydrogen) atoms. The zero-order valence-corrected chi connectivity index (χ0v) is 15.0. The summed E-state index contributed by atoms with van der Waals surface area (Å²) in [7, 11) is 1.61. The van der Waals surface area contributed by atoms with E-state index in [1.165, 1.54) is 21.7 Å². The summed E-state index contributed by atoms with van der Waals surface area (Å²) in [6.45, 7) is 3.64. The zero-order valence-electron chi connectivity index (χ0n) is 14.3. The van der Waals surface area contributed by atoms with Crippen LogP contribution in [-0.4, -0.2) is 39.7 Å². The number of ether oxygens (including phenoxy) is 1. The molecule has 0 atom stereocenters. The Bertz CT molecular complexity index is 791. The molecule has 0 fully saturated rings. The Kier molecular flexibility index (Phi) is 6.14. The number of amides is 1. The maximum absolute atomic E-state index is 13.2. The lowest BCUT2D eigenvalue weighted by Crippen LogP contribution is -2.34. The molecule has 2 rings (SSSR count). The molecule has 8 heteroatoms. The number of likely N-dealkylation sites (N-methyl/N-ethyl adjacent to an activating group) is 1. The monoisotopic (exact) mass is 367 g/mol. The molecule has 0 N–H and O–H groups in total. The van der Waals surface area contributed by atoms with Crippen LogP contribution < -0.4 is 0 Å². The molecule has 134 valence electrons. The Morgan fingerprint density at radius 2 is 2.12 bits per heavy atom. The van der Waals surface area contributed by atoms with Gasteiger partial charge in [-0.3, -0.25) is 9.48 Å². The van der Waals surface area contributed by atoms with Crippen molar-refractivity contribution in [1.29, 1.82) is 0 Å². The van der Waals surface area contributed by atoms with Gasteiger partial charge in [-0.25, -0.2) is 9.18 Å². The van der Waals surface area contributed by atoms with E-state index < -0.39 is 12.6 Å². The van der Waals surface area contributed by atoms with E-state index in [9.17, 15) is 14.0 Å². The number of hydrogen-bond donors (Lipinski definition) is 0. The summed E-state index contributed by atoms with van der Waals surface area (Å²) in [5, 5.41) is 4.18. The molecular formula is C17H19ClFN3O3. The first-order chi connectivity index (χ1) is 11.8. The normalized spacial score (nSPS) is 10.6. The van der Waals surface area contributed by atoms with Crippen LogP contribution in [0.25, 0.3) is 0 Å². The average Bonchev–Trinajstić information content (AvgIpc) is 2.82. The minimum atomic E-state index is -0.703. The first kappa shape index (κ1) is 18.9. The largest absolute Gasteiger partial charge is 0.452 e. The van der Waals surface area contributed by atoms with Gasteiger partial charge < -0.3 is 9.64 Å². The zero-order chi connectivity index (χ0) is 18.6. The number of aryl methyl sites for hydroxylation is 2. The van der Waals surface area contributed by atoms with Crippen LogP contribution in [0, 0.1) is 12.7 Å². The summed E-state index contributed by atoms with van der Waals surface area (Å²) in [5.74, 6) is -1.45. The summed E-state index contributed by atoms with van der Waals surface area (Å²) in [6, 6.07) is 6.00. The number of hydrogen-bond acceptors (Lipinski definition) is 4. The van der Waals surface area contributed by atoms with Gasteiger partial charge in [0.2, 0.25) is 0 Å². The molecule has 0 saturated carbocycles. The van der Waals surface area contributed by atoms with Gasteiger partial charge in [0.05, 0.1) is 5.69 Å². The number of carbonyl (C=O) groups is 2. The van der Waals surface area contributed by atoms with Crippen LogP contribution in [0.4, 0.5) is 4.39 Å². The maximum atomic E-state index is 13.2. The van der Waals surface area contributed by atoms with Crippen LogP contribution in [0.5, 0.6) is 0 Å². The fourth-order valence-electron chi connectivity index (χ4n) is 2.38. The van der Waals surface area contributed by atoms with Gasteiger partial charge in [-0.1, -0.05) is 23.7 Å². The summed E-state index contributed by atoms with van der Waals surface area (Å²) < 4.78 is 19.7. The van der Waals surface area contributed by atoms with Gasteiger partial charge in [-0.15, -0.1) is 0 Å². The van der Waals surface area contributed by atoms with Crippen LogP contribution in [0.15, 0.2) is 24.3 Å². The number of rotatable bonds is 6. The third-order valence-electron chi connectivity index (χ3n) is 3.68. The van der Waals surface area contributed by atoms with Crippen molar-refractivity contribution < 1.29 is 18.7 Å². The van der Waals surface area contributed by atoms with Gasteiger partial charge in [-0.05, 0) is 31.5 Å². The Morgan fingerprint density at radius 3 is 2.68 bits per heavy atom. The van der Waals surface area contributed by atoms with Crippen molar-refractivity contribution >= 4 is 23.5 Å². The molecule has 1 amide bonds. The Hall–Kier alpha value is -2.41. The number of esters is 1. The first-order valence-electron chi connectivity index (χ1n) is 7.72. The molecule has 0 aliphatic carbocycles. The van der Waals surface area contributed by atoms with Crippen molar-refractivity contribution in [2.45, 2.75) is 20.4 Å². The van der Waals surface area contributed by atoms with E-state index in [0.717, 1.165) is 0 Å². The summed E-state index contributed by atoms with van der Waals surface area (Å²) in [5.41, 5.74) is 1.23.